The maximum absolute atomic E-state index is 15.9. The van der Waals surface area contributed by atoms with E-state index in [-0.39, 0.29) is 28.4 Å². The van der Waals surface area contributed by atoms with Gasteiger partial charge in [-0.1, -0.05) is 60.7 Å². The Morgan fingerprint density at radius 2 is 1.82 bits per heavy atom. The molecule has 2 aromatic rings. The number of nitrogens with one attached hydrogen (secondary N) is 3. The summed E-state index contributed by atoms with van der Waals surface area (Å²) in [7, 11) is 0. The van der Waals surface area contributed by atoms with Gasteiger partial charge in [-0.2, -0.15) is 0 Å². The van der Waals surface area contributed by atoms with Crippen LogP contribution < -0.4 is 21.7 Å². The van der Waals surface area contributed by atoms with Crippen LogP contribution in [0.25, 0.3) is 0 Å². The van der Waals surface area contributed by atoms with Crippen molar-refractivity contribution in [2.45, 2.75) is 86.7 Å². The molecular weight excluding hydrogens is 538 g/mol. The lowest BCUT2D eigenvalue weighted by Crippen LogP contribution is -2.60. The van der Waals surface area contributed by atoms with Crippen molar-refractivity contribution in [3.05, 3.63) is 63.4 Å². The molecule has 2 aliphatic heterocycles. The summed E-state index contributed by atoms with van der Waals surface area (Å²) in [6, 6.07) is 9.45. The standard InChI is InChI=1S/C30H35Cl2FN4O2/c31-18-9-12-21-23(15-18)36-28(39)30(21)24(20-5-4-6-22(32)25(20)33)26(37-29(30)13-2-1-3-14-29)27(38)35-19-10-7-17(16-34)8-11-19/h4-6,9,12,15,17,19,24,26,37H,1-3,7-8,10-11,13-14,16,34H2,(H,35,38)(H,36,39)/t17-,19-,24?,26?,30-/m1/s1. The molecule has 4 aliphatic rings. The maximum Gasteiger partial charge on any atom is 0.238 e. The molecule has 2 aliphatic carbocycles. The first kappa shape index (κ1) is 27.0. The van der Waals surface area contributed by atoms with Crippen LogP contribution in [0.4, 0.5) is 10.1 Å². The summed E-state index contributed by atoms with van der Waals surface area (Å²) in [5.74, 6) is -1.34. The Morgan fingerprint density at radius 1 is 1.08 bits per heavy atom. The van der Waals surface area contributed by atoms with Crippen LogP contribution in [-0.4, -0.2) is 36.0 Å². The number of halogens is 3. The lowest BCUT2D eigenvalue weighted by molar-refractivity contribution is -0.124. The zero-order valence-corrected chi connectivity index (χ0v) is 23.4. The van der Waals surface area contributed by atoms with Crippen LogP contribution in [0.2, 0.25) is 10.0 Å². The highest BCUT2D eigenvalue weighted by molar-refractivity contribution is 6.31. The Labute approximate surface area is 238 Å². The second-order valence-corrected chi connectivity index (χ2v) is 12.6. The molecular formula is C30H35Cl2FN4O2. The third kappa shape index (κ3) is 4.19. The van der Waals surface area contributed by atoms with Gasteiger partial charge in [-0.05, 0) is 80.3 Å². The minimum atomic E-state index is -1.21. The first-order valence-electron chi connectivity index (χ1n) is 14.1. The van der Waals surface area contributed by atoms with E-state index in [9.17, 15) is 9.59 Å². The third-order valence-corrected chi connectivity index (χ3v) is 10.4. The van der Waals surface area contributed by atoms with Gasteiger partial charge in [0.15, 0.2) is 0 Å². The first-order chi connectivity index (χ1) is 18.8. The third-order valence-electron chi connectivity index (χ3n) is 9.83. The number of hydrogen-bond donors (Lipinski definition) is 4. The molecule has 3 atom stereocenters. The number of benzene rings is 2. The molecule has 5 N–H and O–H groups in total. The smallest absolute Gasteiger partial charge is 0.238 e. The summed E-state index contributed by atoms with van der Waals surface area (Å²) in [6.07, 6.45) is 7.92. The molecule has 0 radical (unpaired) electrons. The minimum absolute atomic E-state index is 0.0225. The van der Waals surface area contributed by atoms with E-state index in [1.54, 1.807) is 24.3 Å². The van der Waals surface area contributed by atoms with Crippen molar-refractivity contribution in [2.75, 3.05) is 11.9 Å². The highest BCUT2D eigenvalue weighted by Crippen LogP contribution is 2.62. The van der Waals surface area contributed by atoms with E-state index in [4.69, 9.17) is 28.9 Å². The average Bonchev–Trinajstić information content (AvgIpc) is 3.38. The number of hydrogen-bond acceptors (Lipinski definition) is 4. The normalized spacial score (nSPS) is 31.3. The number of fused-ring (bicyclic) bond motifs is 3. The molecule has 2 aromatic carbocycles. The monoisotopic (exact) mass is 572 g/mol. The molecule has 2 heterocycles. The Hall–Kier alpha value is -2.19. The van der Waals surface area contributed by atoms with E-state index in [1.807, 2.05) is 6.07 Å². The predicted octanol–water partition coefficient (Wildman–Crippen LogP) is 5.41. The second-order valence-electron chi connectivity index (χ2n) is 11.8. The number of carbonyl (C=O) groups is 2. The first-order valence-corrected chi connectivity index (χ1v) is 14.9. The molecule has 9 heteroatoms. The summed E-state index contributed by atoms with van der Waals surface area (Å²) >= 11 is 12.6. The Balaban J connectivity index is 1.50. The van der Waals surface area contributed by atoms with E-state index in [2.05, 4.69) is 16.0 Å². The Bertz CT molecular complexity index is 1290. The molecule has 2 unspecified atom stereocenters. The molecule has 0 bridgehead atoms. The highest BCUT2D eigenvalue weighted by atomic mass is 35.5. The molecule has 6 nitrogen and oxygen atoms in total. The van der Waals surface area contributed by atoms with Gasteiger partial charge in [0.2, 0.25) is 11.8 Å². The highest BCUT2D eigenvalue weighted by Gasteiger charge is 2.72. The van der Waals surface area contributed by atoms with Crippen molar-refractivity contribution in [1.82, 2.24) is 10.6 Å². The Kier molecular flexibility index (Phi) is 7.15. The summed E-state index contributed by atoms with van der Waals surface area (Å²) in [6.45, 7) is 0.657. The van der Waals surface area contributed by atoms with E-state index in [1.165, 1.54) is 6.07 Å². The van der Waals surface area contributed by atoms with Crippen LogP contribution in [0.15, 0.2) is 36.4 Å². The van der Waals surface area contributed by atoms with Gasteiger partial charge in [0.25, 0.3) is 0 Å². The quantitative estimate of drug-likeness (QED) is 0.393. The SMILES string of the molecule is NC[C@H]1CC[C@H](NC(=O)C2NC3(CCCCC3)[C@@]3(C(=O)Nc4cc(Cl)ccc43)C2c2cccc(Cl)c2F)CC1. The fourth-order valence-corrected chi connectivity index (χ4v) is 8.41. The van der Waals surface area contributed by atoms with Crippen molar-refractivity contribution >= 4 is 40.7 Å². The molecule has 1 saturated heterocycles. The molecule has 3 fully saturated rings. The van der Waals surface area contributed by atoms with E-state index >= 15 is 4.39 Å². The van der Waals surface area contributed by atoms with Crippen molar-refractivity contribution in [1.29, 1.82) is 0 Å². The van der Waals surface area contributed by atoms with Gasteiger partial charge in [-0.25, -0.2) is 4.39 Å². The molecule has 2 spiro atoms. The molecule has 208 valence electrons. The summed E-state index contributed by atoms with van der Waals surface area (Å²) < 4.78 is 15.9. The van der Waals surface area contributed by atoms with E-state index < -0.39 is 28.7 Å². The van der Waals surface area contributed by atoms with Crippen LogP contribution >= 0.6 is 23.2 Å². The van der Waals surface area contributed by atoms with Crippen molar-refractivity contribution < 1.29 is 14.0 Å². The largest absolute Gasteiger partial charge is 0.352 e. The van der Waals surface area contributed by atoms with Crippen molar-refractivity contribution in [2.24, 2.45) is 11.7 Å². The fourth-order valence-electron chi connectivity index (χ4n) is 8.05. The molecule has 39 heavy (non-hydrogen) atoms. The van der Waals surface area contributed by atoms with E-state index in [0.29, 0.717) is 36.0 Å². The Morgan fingerprint density at radius 3 is 2.54 bits per heavy atom. The number of amides is 2. The topological polar surface area (TPSA) is 96.2 Å². The molecule has 0 aromatic heterocycles. The maximum atomic E-state index is 15.9. The summed E-state index contributed by atoms with van der Waals surface area (Å²) in [5, 5.41) is 10.5. The van der Waals surface area contributed by atoms with Crippen molar-refractivity contribution in [3.63, 3.8) is 0 Å². The van der Waals surface area contributed by atoms with Crippen LogP contribution in [0.3, 0.4) is 0 Å². The van der Waals surface area contributed by atoms with Gasteiger partial charge < -0.3 is 16.4 Å². The van der Waals surface area contributed by atoms with Gasteiger partial charge in [0.05, 0.1) is 11.1 Å². The lowest BCUT2D eigenvalue weighted by Gasteiger charge is -2.47. The van der Waals surface area contributed by atoms with Gasteiger partial charge in [0.1, 0.15) is 11.2 Å². The number of rotatable bonds is 4. The average molecular weight is 574 g/mol. The van der Waals surface area contributed by atoms with E-state index in [0.717, 1.165) is 50.5 Å². The van der Waals surface area contributed by atoms with Gasteiger partial charge in [-0.3, -0.25) is 14.9 Å². The van der Waals surface area contributed by atoms with Gasteiger partial charge in [-0.15, -0.1) is 0 Å². The van der Waals surface area contributed by atoms with Crippen LogP contribution in [-0.2, 0) is 15.0 Å². The zero-order chi connectivity index (χ0) is 27.4. The summed E-state index contributed by atoms with van der Waals surface area (Å²) in [5.41, 5.74) is 5.59. The van der Waals surface area contributed by atoms with Gasteiger partial charge >= 0.3 is 0 Å². The lowest BCUT2D eigenvalue weighted by atomic mass is 9.55. The van der Waals surface area contributed by atoms with Crippen molar-refractivity contribution in [3.8, 4) is 0 Å². The minimum Gasteiger partial charge on any atom is -0.352 e. The number of carbonyl (C=O) groups excluding carboxylic acids is 2. The number of anilines is 1. The predicted molar refractivity (Wildman–Crippen MR) is 152 cm³/mol. The molecule has 2 saturated carbocycles. The van der Waals surface area contributed by atoms with Crippen LogP contribution in [0.1, 0.15) is 74.8 Å². The molecule has 6 rings (SSSR count). The second kappa shape index (κ2) is 10.3. The fraction of sp³-hybridized carbons (Fsp3) is 0.533. The van der Waals surface area contributed by atoms with Crippen LogP contribution in [0, 0.1) is 11.7 Å². The number of nitrogens with two attached hydrogens (primary N) is 1. The zero-order valence-electron chi connectivity index (χ0n) is 21.9. The molecule has 2 amide bonds. The van der Waals surface area contributed by atoms with Gasteiger partial charge in [0, 0.05) is 28.2 Å². The van der Waals surface area contributed by atoms with Crippen LogP contribution in [0.5, 0.6) is 0 Å². The summed E-state index contributed by atoms with van der Waals surface area (Å²) in [4.78, 5) is 28.5.